The first-order chi connectivity index (χ1) is 9.69. The van der Waals surface area contributed by atoms with Crippen molar-refractivity contribution in [2.75, 3.05) is 11.9 Å². The summed E-state index contributed by atoms with van der Waals surface area (Å²) >= 11 is 3.39. The SMILES string of the molecule is O=C(CCCCBr)OCCC12CC3CC(CC(C3)C1)C2. The predicted molar refractivity (Wildman–Crippen MR) is 83.8 cm³/mol. The molecule has 0 aromatic carbocycles. The smallest absolute Gasteiger partial charge is 0.305 e. The van der Waals surface area contributed by atoms with Crippen molar-refractivity contribution in [2.24, 2.45) is 23.2 Å². The first-order valence-electron chi connectivity index (χ1n) is 8.41. The molecule has 0 aliphatic heterocycles. The molecule has 0 aromatic heterocycles. The standard InChI is InChI=1S/C17H27BrO2/c18-5-2-1-3-16(19)20-6-4-17-10-13-7-14(11-17)9-15(8-13)12-17/h13-15H,1-12H2. The number of carbonyl (C=O) groups is 1. The fraction of sp³-hybridized carbons (Fsp3) is 0.941. The minimum absolute atomic E-state index is 0.00989. The highest BCUT2D eigenvalue weighted by molar-refractivity contribution is 9.09. The molecule has 4 saturated carbocycles. The van der Waals surface area contributed by atoms with E-state index in [4.69, 9.17) is 4.74 Å². The summed E-state index contributed by atoms with van der Waals surface area (Å²) in [6, 6.07) is 0. The van der Waals surface area contributed by atoms with Crippen LogP contribution < -0.4 is 0 Å². The largest absolute Gasteiger partial charge is 0.466 e. The first kappa shape index (κ1) is 14.9. The van der Waals surface area contributed by atoms with Crippen molar-refractivity contribution in [1.29, 1.82) is 0 Å². The van der Waals surface area contributed by atoms with Gasteiger partial charge in [-0.05, 0) is 81.0 Å². The van der Waals surface area contributed by atoms with Crippen LogP contribution >= 0.6 is 15.9 Å². The van der Waals surface area contributed by atoms with E-state index in [9.17, 15) is 4.79 Å². The average Bonchev–Trinajstić information content (AvgIpc) is 2.37. The first-order valence-corrected chi connectivity index (χ1v) is 9.53. The van der Waals surface area contributed by atoms with Crippen LogP contribution in [0.3, 0.4) is 0 Å². The quantitative estimate of drug-likeness (QED) is 0.380. The number of halogens is 1. The van der Waals surface area contributed by atoms with E-state index in [1.54, 1.807) is 0 Å². The lowest BCUT2D eigenvalue weighted by Crippen LogP contribution is -2.46. The average molecular weight is 343 g/mol. The maximum absolute atomic E-state index is 11.7. The second-order valence-corrected chi connectivity index (χ2v) is 8.33. The number of hydrogen-bond acceptors (Lipinski definition) is 2. The van der Waals surface area contributed by atoms with Crippen molar-refractivity contribution in [2.45, 2.75) is 64.2 Å². The monoisotopic (exact) mass is 342 g/mol. The molecule has 4 rings (SSSR count). The Kier molecular flexibility index (Phi) is 4.74. The van der Waals surface area contributed by atoms with Crippen LogP contribution in [0.25, 0.3) is 0 Å². The molecule has 0 amide bonds. The molecule has 0 unspecified atom stereocenters. The molecule has 114 valence electrons. The second-order valence-electron chi connectivity index (χ2n) is 7.53. The zero-order chi connectivity index (χ0) is 14.0. The van der Waals surface area contributed by atoms with Crippen LogP contribution in [-0.2, 0) is 9.53 Å². The van der Waals surface area contributed by atoms with Gasteiger partial charge >= 0.3 is 5.97 Å². The molecule has 0 radical (unpaired) electrons. The van der Waals surface area contributed by atoms with E-state index in [0.717, 1.165) is 42.3 Å². The van der Waals surface area contributed by atoms with Gasteiger partial charge in [0.2, 0.25) is 0 Å². The van der Waals surface area contributed by atoms with Crippen molar-refractivity contribution < 1.29 is 9.53 Å². The van der Waals surface area contributed by atoms with E-state index in [2.05, 4.69) is 15.9 Å². The van der Waals surface area contributed by atoms with Gasteiger partial charge in [-0.15, -0.1) is 0 Å². The maximum Gasteiger partial charge on any atom is 0.305 e. The van der Waals surface area contributed by atoms with Crippen molar-refractivity contribution >= 4 is 21.9 Å². The predicted octanol–water partition coefficient (Wildman–Crippen LogP) is 4.70. The third-order valence-electron chi connectivity index (χ3n) is 5.83. The Balaban J connectivity index is 1.41. The van der Waals surface area contributed by atoms with Crippen LogP contribution in [0.1, 0.15) is 64.2 Å². The minimum Gasteiger partial charge on any atom is -0.466 e. The maximum atomic E-state index is 11.7. The van der Waals surface area contributed by atoms with Gasteiger partial charge in [0.15, 0.2) is 0 Å². The molecule has 0 saturated heterocycles. The Morgan fingerprint density at radius 2 is 1.65 bits per heavy atom. The summed E-state index contributed by atoms with van der Waals surface area (Å²) in [5.74, 6) is 3.00. The Morgan fingerprint density at radius 1 is 1.05 bits per heavy atom. The van der Waals surface area contributed by atoms with Gasteiger partial charge < -0.3 is 4.74 Å². The molecule has 0 N–H and O–H groups in total. The van der Waals surface area contributed by atoms with Gasteiger partial charge in [0.1, 0.15) is 0 Å². The summed E-state index contributed by atoms with van der Waals surface area (Å²) in [5, 5.41) is 0.980. The summed E-state index contributed by atoms with van der Waals surface area (Å²) in [6.07, 6.45) is 12.4. The third-order valence-corrected chi connectivity index (χ3v) is 6.39. The molecule has 4 aliphatic carbocycles. The molecule has 4 bridgehead atoms. The van der Waals surface area contributed by atoms with E-state index < -0.39 is 0 Å². The van der Waals surface area contributed by atoms with Crippen LogP contribution in [-0.4, -0.2) is 17.9 Å². The fourth-order valence-electron chi connectivity index (χ4n) is 5.41. The lowest BCUT2D eigenvalue weighted by molar-refractivity contribution is -0.146. The van der Waals surface area contributed by atoms with Gasteiger partial charge in [0.05, 0.1) is 6.61 Å². The molecule has 0 spiro atoms. The molecule has 3 heteroatoms. The summed E-state index contributed by atoms with van der Waals surface area (Å²) in [4.78, 5) is 11.7. The summed E-state index contributed by atoms with van der Waals surface area (Å²) in [7, 11) is 0. The summed E-state index contributed by atoms with van der Waals surface area (Å²) in [6.45, 7) is 0.666. The van der Waals surface area contributed by atoms with E-state index >= 15 is 0 Å². The number of carbonyl (C=O) groups excluding carboxylic acids is 1. The van der Waals surface area contributed by atoms with Crippen LogP contribution in [0.2, 0.25) is 0 Å². The van der Waals surface area contributed by atoms with Gasteiger partial charge in [-0.3, -0.25) is 4.79 Å². The number of alkyl halides is 1. The number of rotatable bonds is 7. The summed E-state index contributed by atoms with van der Waals surface area (Å²) < 4.78 is 5.47. The van der Waals surface area contributed by atoms with Crippen molar-refractivity contribution in [3.8, 4) is 0 Å². The Bertz CT molecular complexity index is 318. The van der Waals surface area contributed by atoms with Gasteiger partial charge in [-0.1, -0.05) is 15.9 Å². The highest BCUT2D eigenvalue weighted by atomic mass is 79.9. The molecule has 4 aliphatic rings. The third kappa shape index (κ3) is 3.40. The van der Waals surface area contributed by atoms with Crippen molar-refractivity contribution in [3.63, 3.8) is 0 Å². The van der Waals surface area contributed by atoms with E-state index in [0.29, 0.717) is 18.4 Å². The summed E-state index contributed by atoms with van der Waals surface area (Å²) in [5.41, 5.74) is 0.547. The van der Waals surface area contributed by atoms with E-state index in [1.807, 2.05) is 0 Å². The normalized spacial score (nSPS) is 38.1. The molecular weight excluding hydrogens is 316 g/mol. The molecule has 0 heterocycles. The second kappa shape index (κ2) is 6.37. The highest BCUT2D eigenvalue weighted by Gasteiger charge is 2.50. The zero-order valence-corrected chi connectivity index (χ0v) is 14.0. The number of unbranched alkanes of at least 4 members (excludes halogenated alkanes) is 1. The molecule has 4 fully saturated rings. The molecule has 2 nitrogen and oxygen atoms in total. The fourth-order valence-corrected chi connectivity index (χ4v) is 5.81. The number of ether oxygens (including phenoxy) is 1. The van der Waals surface area contributed by atoms with Gasteiger partial charge in [0, 0.05) is 11.8 Å². The molecule has 0 atom stereocenters. The van der Waals surface area contributed by atoms with Gasteiger partial charge in [-0.2, -0.15) is 0 Å². The number of esters is 1. The lowest BCUT2D eigenvalue weighted by atomic mass is 9.49. The Hall–Kier alpha value is -0.0500. The van der Waals surface area contributed by atoms with Crippen LogP contribution in [0.5, 0.6) is 0 Å². The van der Waals surface area contributed by atoms with Gasteiger partial charge in [0.25, 0.3) is 0 Å². The topological polar surface area (TPSA) is 26.3 Å². The Morgan fingerprint density at radius 3 is 2.20 bits per heavy atom. The zero-order valence-electron chi connectivity index (χ0n) is 12.4. The molecule has 20 heavy (non-hydrogen) atoms. The lowest BCUT2D eigenvalue weighted by Gasteiger charge is -2.57. The number of hydrogen-bond donors (Lipinski definition) is 0. The van der Waals surface area contributed by atoms with Crippen molar-refractivity contribution in [3.05, 3.63) is 0 Å². The van der Waals surface area contributed by atoms with Crippen LogP contribution in [0.4, 0.5) is 0 Å². The Labute approximate surface area is 131 Å². The van der Waals surface area contributed by atoms with Gasteiger partial charge in [-0.25, -0.2) is 0 Å². The highest BCUT2D eigenvalue weighted by Crippen LogP contribution is 2.61. The van der Waals surface area contributed by atoms with E-state index in [-0.39, 0.29) is 5.97 Å². The van der Waals surface area contributed by atoms with E-state index in [1.165, 1.54) is 38.5 Å². The van der Waals surface area contributed by atoms with Crippen LogP contribution in [0, 0.1) is 23.2 Å². The van der Waals surface area contributed by atoms with Crippen LogP contribution in [0.15, 0.2) is 0 Å². The molecule has 0 aromatic rings. The van der Waals surface area contributed by atoms with Crippen molar-refractivity contribution in [1.82, 2.24) is 0 Å². The molecular formula is C17H27BrO2. The minimum atomic E-state index is 0.00989.